The van der Waals surface area contributed by atoms with Crippen LogP contribution >= 0.6 is 0 Å². The number of nitrogens with zero attached hydrogens (tertiary/aromatic N) is 1. The highest BCUT2D eigenvalue weighted by molar-refractivity contribution is 5.68. The Hall–Kier alpha value is -1.55. The Morgan fingerprint density at radius 3 is 2.71 bits per heavy atom. The molecule has 1 aromatic rings. The summed E-state index contributed by atoms with van der Waals surface area (Å²) in [5, 5.41) is 8.74. The van der Waals surface area contributed by atoms with Crippen molar-refractivity contribution >= 4 is 6.09 Å². The summed E-state index contributed by atoms with van der Waals surface area (Å²) in [5.74, 6) is 0.435. The van der Waals surface area contributed by atoms with Crippen molar-refractivity contribution in [2.75, 3.05) is 19.7 Å². The lowest BCUT2D eigenvalue weighted by Crippen LogP contribution is -2.50. The molecule has 17 heavy (non-hydrogen) atoms. The zero-order chi connectivity index (χ0) is 12.1. The zero-order valence-electron chi connectivity index (χ0n) is 9.71. The number of benzene rings is 1. The van der Waals surface area contributed by atoms with Crippen LogP contribution in [0.5, 0.6) is 0 Å². The second kappa shape index (κ2) is 5.68. The molecule has 1 amide bonds. The van der Waals surface area contributed by atoms with E-state index >= 15 is 0 Å². The molecule has 1 aliphatic heterocycles. The molecule has 1 aromatic carbocycles. The van der Waals surface area contributed by atoms with Crippen molar-refractivity contribution in [1.82, 2.24) is 4.90 Å². The van der Waals surface area contributed by atoms with E-state index in [0.29, 0.717) is 25.6 Å². The van der Waals surface area contributed by atoms with E-state index in [1.807, 2.05) is 30.3 Å². The Labute approximate surface area is 101 Å². The number of amides is 1. The zero-order valence-corrected chi connectivity index (χ0v) is 9.71. The molecule has 0 aliphatic carbocycles. The Kier molecular flexibility index (Phi) is 3.98. The molecule has 0 unspecified atom stereocenters. The van der Waals surface area contributed by atoms with Gasteiger partial charge in [-0.15, -0.1) is 0 Å². The number of rotatable bonds is 4. The number of aliphatic hydroxyl groups excluding tert-OH is 1. The Bertz CT molecular complexity index is 360. The minimum absolute atomic E-state index is 0.192. The third-order valence-corrected chi connectivity index (χ3v) is 2.96. The van der Waals surface area contributed by atoms with Crippen LogP contribution < -0.4 is 0 Å². The molecular formula is C13H17NO3. The predicted molar refractivity (Wildman–Crippen MR) is 63.4 cm³/mol. The van der Waals surface area contributed by atoms with Gasteiger partial charge >= 0.3 is 6.09 Å². The number of aliphatic hydroxyl groups is 1. The summed E-state index contributed by atoms with van der Waals surface area (Å²) in [6.07, 6.45) is 0.505. The fourth-order valence-corrected chi connectivity index (χ4v) is 1.89. The fourth-order valence-electron chi connectivity index (χ4n) is 1.89. The van der Waals surface area contributed by atoms with Crippen LogP contribution in [0.25, 0.3) is 0 Å². The van der Waals surface area contributed by atoms with E-state index in [-0.39, 0.29) is 12.7 Å². The SMILES string of the molecule is O=C(OCc1ccccc1)N1CC(CCO)C1. The summed E-state index contributed by atoms with van der Waals surface area (Å²) < 4.78 is 5.18. The molecule has 0 atom stereocenters. The Morgan fingerprint density at radius 2 is 2.06 bits per heavy atom. The molecule has 92 valence electrons. The number of carbonyl (C=O) groups excluding carboxylic acids is 1. The maximum Gasteiger partial charge on any atom is 0.410 e. The van der Waals surface area contributed by atoms with E-state index in [1.165, 1.54) is 0 Å². The van der Waals surface area contributed by atoms with E-state index in [1.54, 1.807) is 4.90 Å². The van der Waals surface area contributed by atoms with Crippen LogP contribution in [0.15, 0.2) is 30.3 Å². The van der Waals surface area contributed by atoms with Crippen LogP contribution in [0.3, 0.4) is 0 Å². The first-order valence-corrected chi connectivity index (χ1v) is 5.86. The number of hydrogen-bond acceptors (Lipinski definition) is 3. The van der Waals surface area contributed by atoms with Crippen LogP contribution in [0.2, 0.25) is 0 Å². The van der Waals surface area contributed by atoms with Crippen molar-refractivity contribution in [3.05, 3.63) is 35.9 Å². The first-order chi connectivity index (χ1) is 8.29. The molecule has 1 saturated heterocycles. The van der Waals surface area contributed by atoms with E-state index in [9.17, 15) is 4.79 Å². The molecule has 0 spiro atoms. The van der Waals surface area contributed by atoms with Crippen molar-refractivity contribution in [2.45, 2.75) is 13.0 Å². The number of hydrogen-bond donors (Lipinski definition) is 1. The minimum Gasteiger partial charge on any atom is -0.445 e. The molecule has 1 N–H and O–H groups in total. The molecule has 0 bridgehead atoms. The summed E-state index contributed by atoms with van der Waals surface area (Å²) in [4.78, 5) is 13.3. The third-order valence-electron chi connectivity index (χ3n) is 2.96. The predicted octanol–water partition coefficient (Wildman–Crippen LogP) is 1.64. The highest BCUT2D eigenvalue weighted by atomic mass is 16.6. The molecule has 0 saturated carbocycles. The number of likely N-dealkylation sites (tertiary alicyclic amines) is 1. The van der Waals surface area contributed by atoms with Crippen LogP contribution in [0.4, 0.5) is 4.79 Å². The van der Waals surface area contributed by atoms with Crippen LogP contribution in [-0.4, -0.2) is 35.8 Å². The van der Waals surface area contributed by atoms with E-state index in [2.05, 4.69) is 0 Å². The molecule has 2 rings (SSSR count). The quantitative estimate of drug-likeness (QED) is 0.863. The molecule has 4 heteroatoms. The van der Waals surface area contributed by atoms with E-state index in [4.69, 9.17) is 9.84 Å². The van der Waals surface area contributed by atoms with Crippen LogP contribution in [0, 0.1) is 5.92 Å². The van der Waals surface area contributed by atoms with Crippen molar-refractivity contribution < 1.29 is 14.6 Å². The van der Waals surface area contributed by atoms with Gasteiger partial charge in [0.25, 0.3) is 0 Å². The Balaban J connectivity index is 1.69. The van der Waals surface area contributed by atoms with Crippen molar-refractivity contribution in [3.8, 4) is 0 Å². The molecule has 0 aromatic heterocycles. The highest BCUT2D eigenvalue weighted by Gasteiger charge is 2.30. The summed E-state index contributed by atoms with van der Waals surface area (Å²) in [6.45, 7) is 1.92. The van der Waals surface area contributed by atoms with Gasteiger partial charge in [0, 0.05) is 19.7 Å². The van der Waals surface area contributed by atoms with Gasteiger partial charge in [-0.3, -0.25) is 0 Å². The number of ether oxygens (including phenoxy) is 1. The maximum atomic E-state index is 11.6. The Morgan fingerprint density at radius 1 is 1.35 bits per heavy atom. The largest absolute Gasteiger partial charge is 0.445 e. The van der Waals surface area contributed by atoms with E-state index < -0.39 is 0 Å². The van der Waals surface area contributed by atoms with Gasteiger partial charge in [-0.25, -0.2) is 4.79 Å². The van der Waals surface area contributed by atoms with Crippen molar-refractivity contribution in [2.24, 2.45) is 5.92 Å². The fraction of sp³-hybridized carbons (Fsp3) is 0.462. The normalized spacial score (nSPS) is 15.5. The van der Waals surface area contributed by atoms with Gasteiger partial charge in [-0.1, -0.05) is 30.3 Å². The van der Waals surface area contributed by atoms with Gasteiger partial charge < -0.3 is 14.7 Å². The van der Waals surface area contributed by atoms with Gasteiger partial charge in [0.2, 0.25) is 0 Å². The molecule has 1 heterocycles. The highest BCUT2D eigenvalue weighted by Crippen LogP contribution is 2.19. The van der Waals surface area contributed by atoms with E-state index in [0.717, 1.165) is 12.0 Å². The minimum atomic E-state index is -0.261. The van der Waals surface area contributed by atoms with Crippen LogP contribution in [-0.2, 0) is 11.3 Å². The third kappa shape index (κ3) is 3.20. The van der Waals surface area contributed by atoms with Gasteiger partial charge in [0.15, 0.2) is 0 Å². The smallest absolute Gasteiger partial charge is 0.410 e. The lowest BCUT2D eigenvalue weighted by atomic mass is 9.98. The molecular weight excluding hydrogens is 218 g/mol. The summed E-state index contributed by atoms with van der Waals surface area (Å²) in [7, 11) is 0. The summed E-state index contributed by atoms with van der Waals surface area (Å²) in [5.41, 5.74) is 0.994. The average Bonchev–Trinajstić information content (AvgIpc) is 2.31. The van der Waals surface area contributed by atoms with Gasteiger partial charge in [0.05, 0.1) is 0 Å². The topological polar surface area (TPSA) is 49.8 Å². The monoisotopic (exact) mass is 235 g/mol. The van der Waals surface area contributed by atoms with Crippen LogP contribution in [0.1, 0.15) is 12.0 Å². The molecule has 1 aliphatic rings. The lowest BCUT2D eigenvalue weighted by molar-refractivity contribution is 0.0418. The van der Waals surface area contributed by atoms with Crippen molar-refractivity contribution in [3.63, 3.8) is 0 Å². The first kappa shape index (κ1) is 11.9. The van der Waals surface area contributed by atoms with Gasteiger partial charge in [-0.05, 0) is 17.9 Å². The second-order valence-corrected chi connectivity index (χ2v) is 4.32. The second-order valence-electron chi connectivity index (χ2n) is 4.32. The van der Waals surface area contributed by atoms with Gasteiger partial charge in [0.1, 0.15) is 6.61 Å². The standard InChI is InChI=1S/C13H17NO3/c15-7-6-12-8-14(9-12)13(16)17-10-11-4-2-1-3-5-11/h1-5,12,15H,6-10H2. The molecule has 1 fully saturated rings. The lowest BCUT2D eigenvalue weighted by Gasteiger charge is -2.38. The molecule has 4 nitrogen and oxygen atoms in total. The first-order valence-electron chi connectivity index (χ1n) is 5.86. The van der Waals surface area contributed by atoms with Gasteiger partial charge in [-0.2, -0.15) is 0 Å². The maximum absolute atomic E-state index is 11.6. The summed E-state index contributed by atoms with van der Waals surface area (Å²) in [6, 6.07) is 9.63. The number of carbonyl (C=O) groups is 1. The van der Waals surface area contributed by atoms with Crippen molar-refractivity contribution in [1.29, 1.82) is 0 Å². The average molecular weight is 235 g/mol. The molecule has 0 radical (unpaired) electrons. The summed E-state index contributed by atoms with van der Waals surface area (Å²) >= 11 is 0.